The second-order valence-corrected chi connectivity index (χ2v) is 5.66. The smallest absolute Gasteiger partial charge is 0.333 e. The van der Waals surface area contributed by atoms with E-state index in [1.165, 1.54) is 0 Å². The summed E-state index contributed by atoms with van der Waals surface area (Å²) in [5.74, 6) is 0.286. The largest absolute Gasteiger partial charge is 0.484 e. The van der Waals surface area contributed by atoms with Gasteiger partial charge in [0.15, 0.2) is 5.75 Å². The molecule has 2 rings (SSSR count). The molecule has 1 heterocycles. The van der Waals surface area contributed by atoms with Gasteiger partial charge in [0.2, 0.25) is 0 Å². The average Bonchev–Trinajstić information content (AvgIpc) is 2.91. The van der Waals surface area contributed by atoms with Crippen molar-refractivity contribution in [2.45, 2.75) is 26.4 Å². The van der Waals surface area contributed by atoms with E-state index in [1.54, 1.807) is 35.7 Å². The molecule has 0 spiro atoms. The number of nitrogens with zero attached hydrogens (tertiary/aromatic N) is 2. The van der Waals surface area contributed by atoms with Gasteiger partial charge in [-0.3, -0.25) is 10.1 Å². The topological polar surface area (TPSA) is 77.3 Å². The molecule has 21 heavy (non-hydrogen) atoms. The van der Waals surface area contributed by atoms with Crippen molar-refractivity contribution < 1.29 is 9.66 Å². The van der Waals surface area contributed by atoms with Crippen LogP contribution in [0.1, 0.15) is 18.9 Å². The molecule has 0 saturated carbocycles. The second kappa shape index (κ2) is 7.03. The monoisotopic (exact) mass is 307 g/mol. The van der Waals surface area contributed by atoms with Gasteiger partial charge in [0.25, 0.3) is 0 Å². The first-order valence-electron chi connectivity index (χ1n) is 6.64. The molecule has 1 aromatic heterocycles. The molecule has 1 aromatic carbocycles. The summed E-state index contributed by atoms with van der Waals surface area (Å²) < 4.78 is 5.51. The van der Waals surface area contributed by atoms with Crippen molar-refractivity contribution in [2.75, 3.05) is 11.9 Å². The van der Waals surface area contributed by atoms with Crippen LogP contribution in [0.4, 0.5) is 11.4 Å². The molecular formula is C14H17N3O3S. The van der Waals surface area contributed by atoms with Crippen molar-refractivity contribution in [3.63, 3.8) is 0 Å². The van der Waals surface area contributed by atoms with E-state index in [9.17, 15) is 10.1 Å². The Kier molecular flexibility index (Phi) is 5.10. The number of benzene rings is 1. The van der Waals surface area contributed by atoms with E-state index in [-0.39, 0.29) is 17.5 Å². The van der Waals surface area contributed by atoms with Gasteiger partial charge < -0.3 is 10.1 Å². The molecule has 7 heteroatoms. The minimum absolute atomic E-state index is 0.0228. The van der Waals surface area contributed by atoms with Crippen molar-refractivity contribution >= 4 is 22.7 Å². The molecule has 2 aromatic rings. The molecule has 0 aliphatic carbocycles. The average molecular weight is 307 g/mol. The van der Waals surface area contributed by atoms with Crippen molar-refractivity contribution in [2.24, 2.45) is 0 Å². The molecule has 6 nitrogen and oxygen atoms in total. The fourth-order valence-electron chi connectivity index (χ4n) is 1.88. The van der Waals surface area contributed by atoms with Crippen LogP contribution in [-0.4, -0.2) is 22.6 Å². The van der Waals surface area contributed by atoms with Gasteiger partial charge >= 0.3 is 5.69 Å². The highest BCUT2D eigenvalue weighted by Gasteiger charge is 2.21. The van der Waals surface area contributed by atoms with Gasteiger partial charge in [-0.1, -0.05) is 6.07 Å². The zero-order valence-corrected chi connectivity index (χ0v) is 12.7. The Morgan fingerprint density at radius 3 is 2.90 bits per heavy atom. The van der Waals surface area contributed by atoms with Crippen molar-refractivity contribution in [1.82, 2.24) is 4.98 Å². The number of ether oxygens (including phenoxy) is 1. The highest BCUT2D eigenvalue weighted by Crippen LogP contribution is 2.35. The lowest BCUT2D eigenvalue weighted by Crippen LogP contribution is -2.10. The van der Waals surface area contributed by atoms with Gasteiger partial charge in [-0.15, -0.1) is 11.3 Å². The number of hydrogen-bond donors (Lipinski definition) is 1. The first-order valence-corrected chi connectivity index (χ1v) is 7.52. The van der Waals surface area contributed by atoms with E-state index in [4.69, 9.17) is 4.74 Å². The molecule has 0 atom stereocenters. The van der Waals surface area contributed by atoms with Crippen molar-refractivity contribution in [3.05, 3.63) is 44.9 Å². The number of thiazole rings is 1. The highest BCUT2D eigenvalue weighted by atomic mass is 32.1. The summed E-state index contributed by atoms with van der Waals surface area (Å²) in [4.78, 5) is 15.1. The third-order valence-electron chi connectivity index (χ3n) is 2.68. The van der Waals surface area contributed by atoms with E-state index >= 15 is 0 Å². The van der Waals surface area contributed by atoms with Crippen LogP contribution < -0.4 is 10.1 Å². The zero-order valence-electron chi connectivity index (χ0n) is 11.9. The van der Waals surface area contributed by atoms with Gasteiger partial charge in [-0.2, -0.15) is 0 Å². The van der Waals surface area contributed by atoms with Crippen LogP contribution in [0.25, 0.3) is 0 Å². The number of hydrogen-bond acceptors (Lipinski definition) is 6. The van der Waals surface area contributed by atoms with Crippen LogP contribution in [0.2, 0.25) is 0 Å². The molecular weight excluding hydrogens is 290 g/mol. The standard InChI is InChI=1S/C14H17N3O3S/c1-10(2)20-12-5-3-4-11(14(12)17(18)19)15-7-6-13-16-8-9-21-13/h3-5,8-10,15H,6-7H2,1-2H3. The second-order valence-electron chi connectivity index (χ2n) is 4.68. The Bertz CT molecular complexity index is 600. The van der Waals surface area contributed by atoms with Gasteiger partial charge in [-0.05, 0) is 26.0 Å². The Morgan fingerprint density at radius 1 is 1.48 bits per heavy atom. The number of para-hydroxylation sites is 1. The SMILES string of the molecule is CC(C)Oc1cccc(NCCc2nccs2)c1[N+](=O)[O-]. The fourth-order valence-corrected chi connectivity index (χ4v) is 2.50. The van der Waals surface area contributed by atoms with Crippen LogP contribution in [0.5, 0.6) is 5.75 Å². The summed E-state index contributed by atoms with van der Waals surface area (Å²) >= 11 is 1.57. The molecule has 112 valence electrons. The fraction of sp³-hybridized carbons (Fsp3) is 0.357. The molecule has 0 aliphatic rings. The number of nitro groups is 1. The van der Waals surface area contributed by atoms with Gasteiger partial charge in [0, 0.05) is 24.5 Å². The molecule has 0 saturated heterocycles. The zero-order chi connectivity index (χ0) is 15.2. The van der Waals surface area contributed by atoms with Crippen LogP contribution in [0.15, 0.2) is 29.8 Å². The van der Waals surface area contributed by atoms with Crippen LogP contribution in [0.3, 0.4) is 0 Å². The number of rotatable bonds is 7. The first-order chi connectivity index (χ1) is 10.1. The van der Waals surface area contributed by atoms with E-state index in [2.05, 4.69) is 10.3 Å². The first kappa shape index (κ1) is 15.2. The lowest BCUT2D eigenvalue weighted by Gasteiger charge is -2.13. The molecule has 1 N–H and O–H groups in total. The normalized spacial score (nSPS) is 10.6. The van der Waals surface area contributed by atoms with Crippen LogP contribution in [0, 0.1) is 10.1 Å². The predicted octanol–water partition coefficient (Wildman–Crippen LogP) is 3.49. The summed E-state index contributed by atoms with van der Waals surface area (Å²) in [7, 11) is 0. The summed E-state index contributed by atoms with van der Waals surface area (Å²) in [6.45, 7) is 4.26. The van der Waals surface area contributed by atoms with Gasteiger partial charge in [-0.25, -0.2) is 4.98 Å². The third-order valence-corrected chi connectivity index (χ3v) is 3.52. The molecule has 0 fully saturated rings. The number of nitro benzene ring substituents is 1. The van der Waals surface area contributed by atoms with E-state index in [0.717, 1.165) is 11.4 Å². The number of aromatic nitrogens is 1. The molecule has 0 unspecified atom stereocenters. The Balaban J connectivity index is 2.12. The molecule has 0 bridgehead atoms. The summed E-state index contributed by atoms with van der Waals surface area (Å²) in [5, 5.41) is 17.3. The summed E-state index contributed by atoms with van der Waals surface area (Å²) in [6.07, 6.45) is 2.36. The predicted molar refractivity (Wildman–Crippen MR) is 83.2 cm³/mol. The lowest BCUT2D eigenvalue weighted by atomic mass is 10.2. The summed E-state index contributed by atoms with van der Waals surface area (Å²) in [5.41, 5.74) is 0.444. The highest BCUT2D eigenvalue weighted by molar-refractivity contribution is 7.09. The van der Waals surface area contributed by atoms with Gasteiger partial charge in [0.1, 0.15) is 5.69 Å². The molecule has 0 radical (unpaired) electrons. The maximum absolute atomic E-state index is 11.3. The molecule has 0 amide bonds. The maximum Gasteiger partial charge on any atom is 0.333 e. The quantitative estimate of drug-likeness (QED) is 0.626. The van der Waals surface area contributed by atoms with Crippen LogP contribution in [-0.2, 0) is 6.42 Å². The number of nitrogens with one attached hydrogen (secondary N) is 1. The van der Waals surface area contributed by atoms with E-state index in [0.29, 0.717) is 12.2 Å². The minimum Gasteiger partial charge on any atom is -0.484 e. The van der Waals surface area contributed by atoms with E-state index < -0.39 is 4.92 Å². The van der Waals surface area contributed by atoms with E-state index in [1.807, 2.05) is 19.2 Å². The van der Waals surface area contributed by atoms with Gasteiger partial charge in [0.05, 0.1) is 16.0 Å². The summed E-state index contributed by atoms with van der Waals surface area (Å²) in [6, 6.07) is 5.05. The van der Waals surface area contributed by atoms with Crippen molar-refractivity contribution in [3.8, 4) is 5.75 Å². The lowest BCUT2D eigenvalue weighted by molar-refractivity contribution is -0.385. The third kappa shape index (κ3) is 4.16. The Hall–Kier alpha value is -2.15. The maximum atomic E-state index is 11.3. The van der Waals surface area contributed by atoms with Crippen molar-refractivity contribution in [1.29, 1.82) is 0 Å². The number of anilines is 1. The minimum atomic E-state index is -0.413. The molecule has 0 aliphatic heterocycles. The Labute approximate surface area is 126 Å². The van der Waals surface area contributed by atoms with Crippen LogP contribution >= 0.6 is 11.3 Å². The Morgan fingerprint density at radius 2 is 2.29 bits per heavy atom.